The zero-order chi connectivity index (χ0) is 36.0. The molecular weight excluding hydrogens is 833 g/mol. The van der Waals surface area contributed by atoms with Gasteiger partial charge in [0.2, 0.25) is 0 Å². The number of furan rings is 2. The minimum atomic E-state index is -1.33. The molecule has 5 aromatic carbocycles. The van der Waals surface area contributed by atoms with Gasteiger partial charge in [-0.05, 0) is 51.8 Å². The van der Waals surface area contributed by atoms with Gasteiger partial charge >= 0.3 is 0 Å². The van der Waals surface area contributed by atoms with Crippen molar-refractivity contribution in [3.8, 4) is 33.6 Å². The van der Waals surface area contributed by atoms with E-state index in [1.807, 2.05) is 86.8 Å². The van der Waals surface area contributed by atoms with Crippen LogP contribution >= 0.6 is 0 Å². The van der Waals surface area contributed by atoms with Gasteiger partial charge in [-0.2, -0.15) is 0 Å². The van der Waals surface area contributed by atoms with E-state index < -0.39 is 14.0 Å². The van der Waals surface area contributed by atoms with Crippen LogP contribution in [-0.2, 0) is 20.1 Å². The molecule has 4 heterocycles. The summed E-state index contributed by atoms with van der Waals surface area (Å²) in [4.78, 5) is 9.21. The molecule has 0 atom stereocenters. The van der Waals surface area contributed by atoms with E-state index in [0.29, 0.717) is 0 Å². The van der Waals surface area contributed by atoms with E-state index in [1.165, 1.54) is 5.19 Å². The van der Waals surface area contributed by atoms with Crippen LogP contribution in [0.5, 0.6) is 0 Å². The number of aromatic nitrogens is 2. The number of nitrogens with zero attached hydrogens (tertiary/aromatic N) is 2. The van der Waals surface area contributed by atoms with Gasteiger partial charge < -0.3 is 18.8 Å². The first-order valence-electron chi connectivity index (χ1n) is 17.7. The van der Waals surface area contributed by atoms with E-state index in [2.05, 4.69) is 96.3 Å². The van der Waals surface area contributed by atoms with Crippen LogP contribution in [-0.4, -0.2) is 18.0 Å². The third kappa shape index (κ3) is 6.78. The number of hydrogen-bond donors (Lipinski definition) is 0. The van der Waals surface area contributed by atoms with Crippen molar-refractivity contribution in [2.75, 3.05) is 0 Å². The van der Waals surface area contributed by atoms with E-state index in [9.17, 15) is 0 Å². The Labute approximate surface area is 320 Å². The molecule has 0 aliphatic heterocycles. The number of hydrogen-bond acceptors (Lipinski definition) is 4. The number of rotatable bonds is 5. The molecule has 0 saturated heterocycles. The van der Waals surface area contributed by atoms with Gasteiger partial charge in [0, 0.05) is 44.6 Å². The summed E-state index contributed by atoms with van der Waals surface area (Å²) in [5.41, 5.74) is 10.0. The Morgan fingerprint density at radius 2 is 1.27 bits per heavy atom. The molecule has 6 heteroatoms. The molecule has 4 aromatic heterocycles. The van der Waals surface area contributed by atoms with Gasteiger partial charge in [0.25, 0.3) is 0 Å². The molecule has 0 fully saturated rings. The molecule has 259 valence electrons. The predicted molar refractivity (Wildman–Crippen MR) is 214 cm³/mol. The second-order valence-electron chi connectivity index (χ2n) is 14.1. The van der Waals surface area contributed by atoms with E-state index in [0.717, 1.165) is 83.1 Å². The third-order valence-corrected chi connectivity index (χ3v) is 11.4. The van der Waals surface area contributed by atoms with Gasteiger partial charge in [-0.15, -0.1) is 36.4 Å². The maximum absolute atomic E-state index is 8.33. The SMILES string of the molecule is C[Si](C)(C)c1ccc(-c2[c-]ccc3c2oc2ccccc23)nc1.[2H]C(C)(C)c1ccnc(-c2[c-]ccc3c2oc2cc(-c4ccccc4)ccc23)c1.[Ir]. The first-order valence-corrected chi connectivity index (χ1v) is 20.7. The van der Waals surface area contributed by atoms with Crippen molar-refractivity contribution in [3.63, 3.8) is 0 Å². The van der Waals surface area contributed by atoms with Crippen molar-refractivity contribution in [1.82, 2.24) is 9.97 Å². The quantitative estimate of drug-likeness (QED) is 0.128. The van der Waals surface area contributed by atoms with Crippen molar-refractivity contribution >= 4 is 57.1 Å². The Bertz CT molecular complexity index is 2710. The Balaban J connectivity index is 0.000000165. The van der Waals surface area contributed by atoms with Crippen molar-refractivity contribution in [1.29, 1.82) is 0 Å². The molecule has 0 aliphatic rings. The van der Waals surface area contributed by atoms with Crippen LogP contribution in [0.25, 0.3) is 77.5 Å². The Kier molecular flexibility index (Phi) is 9.46. The second kappa shape index (κ2) is 14.5. The summed E-state index contributed by atoms with van der Waals surface area (Å²) < 4.78 is 20.7. The summed E-state index contributed by atoms with van der Waals surface area (Å²) in [6.07, 6.45) is 3.76. The van der Waals surface area contributed by atoms with E-state index >= 15 is 0 Å². The summed E-state index contributed by atoms with van der Waals surface area (Å²) in [6.45, 7) is 10.7. The second-order valence-corrected chi connectivity index (χ2v) is 19.2. The van der Waals surface area contributed by atoms with E-state index in [1.54, 1.807) is 6.20 Å². The molecule has 0 bridgehead atoms. The topological polar surface area (TPSA) is 52.1 Å². The zero-order valence-corrected chi connectivity index (χ0v) is 33.1. The molecule has 0 unspecified atom stereocenters. The molecule has 4 nitrogen and oxygen atoms in total. The third-order valence-electron chi connectivity index (χ3n) is 9.36. The zero-order valence-electron chi connectivity index (χ0n) is 30.7. The summed E-state index contributed by atoms with van der Waals surface area (Å²) in [5, 5.41) is 5.73. The molecule has 9 rings (SSSR count). The van der Waals surface area contributed by atoms with E-state index in [4.69, 9.17) is 10.2 Å². The number of para-hydroxylation sites is 1. The Hall–Kier alpha value is -5.13. The largest absolute Gasteiger partial charge is 0.501 e. The van der Waals surface area contributed by atoms with Gasteiger partial charge in [0.05, 0.1) is 19.2 Å². The van der Waals surface area contributed by atoms with Crippen molar-refractivity contribution in [2.45, 2.75) is 39.4 Å². The fourth-order valence-corrected chi connectivity index (χ4v) is 7.52. The van der Waals surface area contributed by atoms with Crippen LogP contribution in [0.2, 0.25) is 19.6 Å². The molecule has 0 N–H and O–H groups in total. The standard InChI is InChI=1S/C26H20NO.C20H18NOSi.Ir/c1-17(2)19-13-14-27-24(15-19)23-10-6-9-22-21-12-11-20(16-25(21)28-26(22)23)18-7-4-3-5-8-18;1-23(2,3)14-11-12-18(21-13-14)17-9-6-8-16-15-7-4-5-10-19(15)22-20(16)17;/h3-9,11-17H,1-2H3;4-8,10-13H,1-3H3;/q2*-1;/i17D;;. The van der Waals surface area contributed by atoms with Gasteiger partial charge in [0.15, 0.2) is 0 Å². The van der Waals surface area contributed by atoms with Crippen LogP contribution in [0.3, 0.4) is 0 Å². The molecule has 0 saturated carbocycles. The maximum Gasteiger partial charge on any atom is 0.121 e. The average Bonchev–Trinajstić information content (AvgIpc) is 3.73. The molecule has 0 amide bonds. The van der Waals surface area contributed by atoms with Gasteiger partial charge in [0.1, 0.15) is 11.2 Å². The average molecular weight is 872 g/mol. The van der Waals surface area contributed by atoms with Crippen LogP contribution in [0, 0.1) is 12.1 Å². The first kappa shape index (κ1) is 34.0. The fraction of sp³-hybridized carbons (Fsp3) is 0.130. The van der Waals surface area contributed by atoms with Crippen molar-refractivity contribution < 1.29 is 30.3 Å². The summed E-state index contributed by atoms with van der Waals surface area (Å²) >= 11 is 0. The molecule has 0 aliphatic carbocycles. The number of fused-ring (bicyclic) bond motifs is 6. The van der Waals surface area contributed by atoms with E-state index in [-0.39, 0.29) is 20.1 Å². The number of benzene rings is 5. The summed E-state index contributed by atoms with van der Waals surface area (Å²) in [5.74, 6) is -0.690. The fourth-order valence-electron chi connectivity index (χ4n) is 6.49. The van der Waals surface area contributed by atoms with Gasteiger partial charge in [-0.1, -0.05) is 140 Å². The van der Waals surface area contributed by atoms with Crippen LogP contribution in [0.4, 0.5) is 0 Å². The smallest absolute Gasteiger partial charge is 0.121 e. The molecular formula is C46H38IrN2O2Si-2. The Morgan fingerprint density at radius 3 is 1.94 bits per heavy atom. The maximum atomic E-state index is 8.33. The summed E-state index contributed by atoms with van der Waals surface area (Å²) in [7, 11) is -1.33. The van der Waals surface area contributed by atoms with Crippen LogP contribution in [0.15, 0.2) is 143 Å². The monoisotopic (exact) mass is 872 g/mol. The normalized spacial score (nSPS) is 12.1. The molecule has 9 aromatic rings. The summed E-state index contributed by atoms with van der Waals surface area (Å²) in [6, 6.07) is 47.4. The van der Waals surface area contributed by atoms with Crippen LogP contribution < -0.4 is 5.19 Å². The minimum absolute atomic E-state index is 0. The van der Waals surface area contributed by atoms with Crippen molar-refractivity contribution in [2.24, 2.45) is 0 Å². The van der Waals surface area contributed by atoms with Crippen LogP contribution in [0.1, 0.15) is 26.7 Å². The van der Waals surface area contributed by atoms with Gasteiger partial charge in [-0.3, -0.25) is 0 Å². The molecule has 0 spiro atoms. The number of pyridine rings is 2. The van der Waals surface area contributed by atoms with Crippen molar-refractivity contribution in [3.05, 3.63) is 151 Å². The molecule has 1 radical (unpaired) electrons. The predicted octanol–water partition coefficient (Wildman–Crippen LogP) is 12.2. The Morgan fingerprint density at radius 1 is 0.615 bits per heavy atom. The molecule has 52 heavy (non-hydrogen) atoms. The first-order chi connectivity index (χ1) is 25.0. The van der Waals surface area contributed by atoms with Gasteiger partial charge in [-0.25, -0.2) is 0 Å². The minimum Gasteiger partial charge on any atom is -0.501 e.